The second kappa shape index (κ2) is 18.2. The van der Waals surface area contributed by atoms with E-state index in [1.54, 1.807) is 24.1 Å². The van der Waals surface area contributed by atoms with Gasteiger partial charge in [-0.15, -0.1) is 0 Å². The van der Waals surface area contributed by atoms with Gasteiger partial charge in [-0.05, 0) is 91.0 Å². The van der Waals surface area contributed by atoms with Crippen LogP contribution >= 0.6 is 0 Å². The van der Waals surface area contributed by atoms with Crippen LogP contribution in [0.4, 0.5) is 17.1 Å². The third-order valence-corrected chi connectivity index (χ3v) is 10.7. The molecule has 58 heavy (non-hydrogen) atoms. The molecule has 2 aliphatic rings. The van der Waals surface area contributed by atoms with Gasteiger partial charge in [-0.2, -0.15) is 0 Å². The summed E-state index contributed by atoms with van der Waals surface area (Å²) in [5, 5.41) is 3.21. The Morgan fingerprint density at radius 3 is 2.05 bits per heavy atom. The van der Waals surface area contributed by atoms with Crippen LogP contribution in [0.15, 0.2) is 94.9 Å². The minimum absolute atomic E-state index is 0.0574. The van der Waals surface area contributed by atoms with Crippen molar-refractivity contribution in [3.63, 3.8) is 0 Å². The smallest absolute Gasteiger partial charge is 0.210 e. The average molecular weight is 781 g/mol. The minimum atomic E-state index is -0.162. The number of aldehydes is 1. The predicted octanol–water partition coefficient (Wildman–Crippen LogP) is 7.46. The molecule has 298 valence electrons. The molecule has 0 saturated carbocycles. The third kappa shape index (κ3) is 9.03. The zero-order chi connectivity index (χ0) is 40.6. The number of ether oxygens (including phenoxy) is 4. The van der Waals surface area contributed by atoms with Gasteiger partial charge in [0.2, 0.25) is 6.41 Å². The van der Waals surface area contributed by atoms with Crippen LogP contribution in [0.1, 0.15) is 49.6 Å². The van der Waals surface area contributed by atoms with Gasteiger partial charge in [-0.25, -0.2) is 0 Å². The molecule has 2 aliphatic heterocycles. The number of aliphatic imine (C=N–C) groups is 2. The van der Waals surface area contributed by atoms with Gasteiger partial charge >= 0.3 is 0 Å². The lowest BCUT2D eigenvalue weighted by molar-refractivity contribution is -0.119. The van der Waals surface area contributed by atoms with Crippen molar-refractivity contribution in [3.05, 3.63) is 130 Å². The molecule has 0 radical (unpaired) electrons. The first kappa shape index (κ1) is 39.7. The Balaban J connectivity index is 1.02. The topological polar surface area (TPSA) is 127 Å². The summed E-state index contributed by atoms with van der Waals surface area (Å²) in [5.74, 6) is 1.95. The van der Waals surface area contributed by atoms with Crippen molar-refractivity contribution >= 4 is 42.2 Å². The van der Waals surface area contributed by atoms with Crippen LogP contribution in [0, 0.1) is 6.92 Å². The molecule has 0 aliphatic carbocycles. The fraction of sp³-hybridized carbons (Fsp3) is 0.283. The van der Waals surface area contributed by atoms with Gasteiger partial charge < -0.3 is 29.2 Å². The maximum absolute atomic E-state index is 12.1. The van der Waals surface area contributed by atoms with Crippen molar-refractivity contribution in [2.75, 3.05) is 33.6 Å². The molecular formula is C46H48N6O6. The van der Waals surface area contributed by atoms with E-state index >= 15 is 0 Å². The zero-order valence-corrected chi connectivity index (χ0v) is 33.5. The Hall–Kier alpha value is -6.53. The van der Waals surface area contributed by atoms with Gasteiger partial charge in [0.15, 0.2) is 29.3 Å². The number of aromatic nitrogens is 1. The number of pyridine rings is 1. The summed E-state index contributed by atoms with van der Waals surface area (Å²) in [6, 6.07) is 27.3. The fourth-order valence-electron chi connectivity index (χ4n) is 7.31. The van der Waals surface area contributed by atoms with Crippen molar-refractivity contribution in [2.45, 2.75) is 58.2 Å². The van der Waals surface area contributed by atoms with E-state index in [0.717, 1.165) is 42.5 Å². The number of carbonyl (C=O) groups excluding carboxylic acids is 2. The molecule has 2 unspecified atom stereocenters. The van der Waals surface area contributed by atoms with Crippen LogP contribution in [-0.4, -0.2) is 80.3 Å². The second-order valence-electron chi connectivity index (χ2n) is 14.5. The molecule has 5 aromatic rings. The minimum Gasteiger partial charge on any atom is -0.493 e. The first-order valence-corrected chi connectivity index (χ1v) is 19.2. The SMILES string of the molecule is CNc1ccc2c(c1)CN(C)C(/C=N\c1cc(OCc3cccc(COc4cc(/N=C\C5Cc6ccccc6CN5C=O)c(C)cc4OC)n3)c(OC)cc1C=O)C2. The molecule has 7 rings (SSSR count). The highest BCUT2D eigenvalue weighted by Crippen LogP contribution is 2.37. The number of fused-ring (bicyclic) bond motifs is 2. The Labute approximate surface area is 339 Å². The molecule has 0 spiro atoms. The number of rotatable bonds is 15. The zero-order valence-electron chi connectivity index (χ0n) is 33.5. The number of nitrogens with one attached hydrogen (secondary N) is 1. The van der Waals surface area contributed by atoms with E-state index in [0.29, 0.717) is 64.3 Å². The normalized spacial score (nSPS) is 16.5. The third-order valence-electron chi connectivity index (χ3n) is 10.7. The maximum Gasteiger partial charge on any atom is 0.210 e. The number of methoxy groups -OCH3 is 2. The molecule has 4 aromatic carbocycles. The molecule has 0 saturated heterocycles. The van der Waals surface area contributed by atoms with Crippen molar-refractivity contribution < 1.29 is 28.5 Å². The van der Waals surface area contributed by atoms with Gasteiger partial charge in [-0.1, -0.05) is 36.4 Å². The molecule has 3 heterocycles. The number of aryl methyl sites for hydroxylation is 1. The highest BCUT2D eigenvalue weighted by molar-refractivity contribution is 5.87. The highest BCUT2D eigenvalue weighted by atomic mass is 16.5. The Morgan fingerprint density at radius 1 is 0.724 bits per heavy atom. The first-order valence-electron chi connectivity index (χ1n) is 19.2. The molecule has 12 heteroatoms. The number of nitrogens with zero attached hydrogens (tertiary/aromatic N) is 5. The van der Waals surface area contributed by atoms with Crippen LogP contribution < -0.4 is 24.3 Å². The number of likely N-dealkylation sites (N-methyl/N-ethyl adjacent to an activating group) is 1. The molecule has 1 aromatic heterocycles. The van der Waals surface area contributed by atoms with Gasteiger partial charge in [0.1, 0.15) is 13.2 Å². The maximum atomic E-state index is 12.1. The summed E-state index contributed by atoms with van der Waals surface area (Å²) in [5.41, 5.74) is 9.91. The van der Waals surface area contributed by atoms with E-state index in [1.165, 1.54) is 23.8 Å². The van der Waals surface area contributed by atoms with Crippen molar-refractivity contribution in [2.24, 2.45) is 9.98 Å². The molecule has 1 N–H and O–H groups in total. The second-order valence-corrected chi connectivity index (χ2v) is 14.5. The number of hydrogen-bond acceptors (Lipinski definition) is 11. The van der Waals surface area contributed by atoms with Crippen LogP contribution in [0.3, 0.4) is 0 Å². The summed E-state index contributed by atoms with van der Waals surface area (Å²) in [6.45, 7) is 3.61. The monoisotopic (exact) mass is 780 g/mol. The lowest BCUT2D eigenvalue weighted by Gasteiger charge is -2.32. The Kier molecular flexibility index (Phi) is 12.4. The van der Waals surface area contributed by atoms with Crippen molar-refractivity contribution in [1.82, 2.24) is 14.8 Å². The number of amides is 1. The van der Waals surface area contributed by atoms with E-state index in [-0.39, 0.29) is 25.3 Å². The molecular weight excluding hydrogens is 733 g/mol. The van der Waals surface area contributed by atoms with E-state index in [2.05, 4.69) is 47.6 Å². The first-order chi connectivity index (χ1) is 28.3. The largest absolute Gasteiger partial charge is 0.493 e. The summed E-state index contributed by atoms with van der Waals surface area (Å²) in [7, 11) is 7.13. The van der Waals surface area contributed by atoms with Crippen LogP contribution in [0.25, 0.3) is 0 Å². The summed E-state index contributed by atoms with van der Waals surface area (Å²) in [6.07, 6.45) is 6.90. The van der Waals surface area contributed by atoms with Gasteiger partial charge in [0.05, 0.1) is 43.0 Å². The Morgan fingerprint density at radius 2 is 1.36 bits per heavy atom. The lowest BCUT2D eigenvalue weighted by atomic mass is 9.94. The lowest BCUT2D eigenvalue weighted by Crippen LogP contribution is -2.40. The molecule has 1 amide bonds. The van der Waals surface area contributed by atoms with E-state index in [4.69, 9.17) is 33.9 Å². The van der Waals surface area contributed by atoms with Crippen LogP contribution in [-0.2, 0) is 43.9 Å². The number of hydrogen-bond donors (Lipinski definition) is 1. The van der Waals surface area contributed by atoms with Crippen molar-refractivity contribution in [1.29, 1.82) is 0 Å². The van der Waals surface area contributed by atoms with E-state index in [1.807, 2.05) is 68.9 Å². The highest BCUT2D eigenvalue weighted by Gasteiger charge is 2.24. The van der Waals surface area contributed by atoms with Crippen molar-refractivity contribution in [3.8, 4) is 23.0 Å². The molecule has 0 fully saturated rings. The predicted molar refractivity (Wildman–Crippen MR) is 226 cm³/mol. The number of benzene rings is 4. The quantitative estimate of drug-likeness (QED) is 0.0851. The van der Waals surface area contributed by atoms with E-state index in [9.17, 15) is 9.59 Å². The Bertz CT molecular complexity index is 2340. The van der Waals surface area contributed by atoms with Crippen LogP contribution in [0.2, 0.25) is 0 Å². The van der Waals surface area contributed by atoms with Gasteiger partial charge in [-0.3, -0.25) is 29.5 Å². The molecule has 0 bridgehead atoms. The number of anilines is 1. The number of carbonyl (C=O) groups is 2. The summed E-state index contributed by atoms with van der Waals surface area (Å²) < 4.78 is 23.7. The molecule has 2 atom stereocenters. The average Bonchev–Trinajstić information content (AvgIpc) is 3.25. The van der Waals surface area contributed by atoms with Gasteiger partial charge in [0.25, 0.3) is 0 Å². The van der Waals surface area contributed by atoms with Crippen LogP contribution in [0.5, 0.6) is 23.0 Å². The molecule has 12 nitrogen and oxygen atoms in total. The standard InChI is InChI=1S/C46H48N6O6/c1-30-15-43(55-4)45(20-41(30)48-23-40-18-31-9-6-7-10-33(31)25-52(40)29-54)57-27-37-11-8-12-38(50-37)28-58-46-21-42(35(26-53)19-44(46)56-5)49-22-39-17-32-13-14-36(47-2)16-34(32)24-51(39)3/h6-16,19-23,26,29,39-40,47H,17-18,24-25,27-28H2,1-5H3/b48-23-,49-22-. The summed E-state index contributed by atoms with van der Waals surface area (Å²) >= 11 is 0. The fourth-order valence-corrected chi connectivity index (χ4v) is 7.31. The van der Waals surface area contributed by atoms with Gasteiger partial charge in [0, 0.05) is 62.0 Å². The van der Waals surface area contributed by atoms with E-state index < -0.39 is 0 Å². The summed E-state index contributed by atoms with van der Waals surface area (Å²) in [4.78, 5) is 42.4.